The SMILES string of the molecule is CCNc1nc2c(C)cccn2c(=O)c1C=C1SC(=S)N(Cc2ccco2)C1=O. The lowest BCUT2D eigenvalue weighted by Crippen LogP contribution is -2.27. The Morgan fingerprint density at radius 3 is 2.86 bits per heavy atom. The molecule has 0 radical (unpaired) electrons. The maximum atomic E-state index is 13.1. The van der Waals surface area contributed by atoms with E-state index in [9.17, 15) is 9.59 Å². The van der Waals surface area contributed by atoms with Crippen LogP contribution in [0.4, 0.5) is 5.82 Å². The highest BCUT2D eigenvalue weighted by molar-refractivity contribution is 8.26. The van der Waals surface area contributed by atoms with Gasteiger partial charge in [0.25, 0.3) is 11.5 Å². The Balaban J connectivity index is 1.78. The predicted octanol–water partition coefficient (Wildman–Crippen LogP) is 3.43. The van der Waals surface area contributed by atoms with Crippen LogP contribution in [0.3, 0.4) is 0 Å². The van der Waals surface area contributed by atoms with Gasteiger partial charge in [-0.25, -0.2) is 4.98 Å². The molecule has 0 bridgehead atoms. The lowest BCUT2D eigenvalue weighted by atomic mass is 10.2. The zero-order valence-electron chi connectivity index (χ0n) is 15.8. The number of furan rings is 1. The van der Waals surface area contributed by atoms with Crippen molar-refractivity contribution in [3.05, 3.63) is 68.9 Å². The van der Waals surface area contributed by atoms with E-state index in [-0.39, 0.29) is 18.0 Å². The van der Waals surface area contributed by atoms with Gasteiger partial charge in [-0.1, -0.05) is 30.0 Å². The molecule has 0 atom stereocenters. The van der Waals surface area contributed by atoms with Gasteiger partial charge in [0.05, 0.1) is 23.3 Å². The van der Waals surface area contributed by atoms with Gasteiger partial charge in [0.1, 0.15) is 21.5 Å². The van der Waals surface area contributed by atoms with Crippen LogP contribution >= 0.6 is 24.0 Å². The predicted molar refractivity (Wildman–Crippen MR) is 118 cm³/mol. The average molecular weight is 427 g/mol. The molecule has 1 aliphatic rings. The van der Waals surface area contributed by atoms with Crippen molar-refractivity contribution in [2.24, 2.45) is 0 Å². The number of aromatic nitrogens is 2. The van der Waals surface area contributed by atoms with E-state index in [1.807, 2.05) is 19.9 Å². The lowest BCUT2D eigenvalue weighted by molar-refractivity contribution is -0.122. The van der Waals surface area contributed by atoms with E-state index in [1.54, 1.807) is 36.7 Å². The third-order valence-corrected chi connectivity index (χ3v) is 5.85. The first-order valence-corrected chi connectivity index (χ1v) is 10.3. The number of nitrogens with zero attached hydrogens (tertiary/aromatic N) is 3. The first-order chi connectivity index (χ1) is 14.0. The van der Waals surface area contributed by atoms with Crippen LogP contribution in [0.15, 0.2) is 50.8 Å². The van der Waals surface area contributed by atoms with Crippen molar-refractivity contribution in [1.29, 1.82) is 0 Å². The van der Waals surface area contributed by atoms with Crippen LogP contribution in [-0.4, -0.2) is 31.1 Å². The molecule has 148 valence electrons. The van der Waals surface area contributed by atoms with Gasteiger partial charge in [-0.05, 0) is 43.7 Å². The Hall–Kier alpha value is -2.91. The van der Waals surface area contributed by atoms with Crippen molar-refractivity contribution in [2.75, 3.05) is 11.9 Å². The molecular weight excluding hydrogens is 408 g/mol. The van der Waals surface area contributed by atoms with Crippen molar-refractivity contribution >= 4 is 51.7 Å². The lowest BCUT2D eigenvalue weighted by Gasteiger charge is -2.12. The van der Waals surface area contributed by atoms with E-state index in [0.29, 0.717) is 38.6 Å². The van der Waals surface area contributed by atoms with Crippen LogP contribution in [0.2, 0.25) is 0 Å². The smallest absolute Gasteiger partial charge is 0.267 e. The maximum Gasteiger partial charge on any atom is 0.267 e. The number of aryl methyl sites for hydroxylation is 1. The molecule has 1 fully saturated rings. The Morgan fingerprint density at radius 2 is 2.14 bits per heavy atom. The Morgan fingerprint density at radius 1 is 1.31 bits per heavy atom. The van der Waals surface area contributed by atoms with Crippen LogP contribution in [0, 0.1) is 6.92 Å². The zero-order valence-corrected chi connectivity index (χ0v) is 17.5. The van der Waals surface area contributed by atoms with E-state index >= 15 is 0 Å². The number of fused-ring (bicyclic) bond motifs is 1. The molecule has 3 aromatic heterocycles. The minimum absolute atomic E-state index is 0.244. The molecule has 1 aliphatic heterocycles. The minimum atomic E-state index is -0.257. The van der Waals surface area contributed by atoms with Gasteiger partial charge in [0.2, 0.25) is 0 Å². The van der Waals surface area contributed by atoms with E-state index < -0.39 is 0 Å². The second-order valence-corrected chi connectivity index (χ2v) is 8.12. The van der Waals surface area contributed by atoms with Crippen LogP contribution in [0.25, 0.3) is 11.7 Å². The summed E-state index contributed by atoms with van der Waals surface area (Å²) in [7, 11) is 0. The highest BCUT2D eigenvalue weighted by Crippen LogP contribution is 2.34. The summed E-state index contributed by atoms with van der Waals surface area (Å²) < 4.78 is 7.23. The van der Waals surface area contributed by atoms with Gasteiger partial charge < -0.3 is 9.73 Å². The number of hydrogen-bond donors (Lipinski definition) is 1. The standard InChI is InChI=1S/C20H18N4O3S2/c1-3-21-16-14(18(25)23-8-4-6-12(2)17(23)22-16)10-15-19(26)24(20(28)29-15)11-13-7-5-9-27-13/h4-10,21H,3,11H2,1-2H3. The Bertz CT molecular complexity index is 1200. The summed E-state index contributed by atoms with van der Waals surface area (Å²) in [5.41, 5.74) is 1.55. The summed E-state index contributed by atoms with van der Waals surface area (Å²) in [5, 5.41) is 3.13. The van der Waals surface area contributed by atoms with Gasteiger partial charge in [0, 0.05) is 12.7 Å². The van der Waals surface area contributed by atoms with Crippen molar-refractivity contribution in [3.63, 3.8) is 0 Å². The summed E-state index contributed by atoms with van der Waals surface area (Å²) in [6, 6.07) is 7.24. The van der Waals surface area contributed by atoms with Crippen LogP contribution < -0.4 is 10.9 Å². The van der Waals surface area contributed by atoms with Crippen LogP contribution in [0.5, 0.6) is 0 Å². The van der Waals surface area contributed by atoms with Crippen molar-refractivity contribution in [2.45, 2.75) is 20.4 Å². The average Bonchev–Trinajstić information content (AvgIpc) is 3.30. The molecule has 0 saturated carbocycles. The number of thiocarbonyl (C=S) groups is 1. The minimum Gasteiger partial charge on any atom is -0.467 e. The van der Waals surface area contributed by atoms with Gasteiger partial charge in [-0.2, -0.15) is 0 Å². The van der Waals surface area contributed by atoms with E-state index in [0.717, 1.165) is 5.56 Å². The van der Waals surface area contributed by atoms with Crippen molar-refractivity contribution in [1.82, 2.24) is 14.3 Å². The summed E-state index contributed by atoms with van der Waals surface area (Å²) in [4.78, 5) is 32.5. The fourth-order valence-electron chi connectivity index (χ4n) is 3.07. The van der Waals surface area contributed by atoms with Gasteiger partial charge in [-0.15, -0.1) is 0 Å². The molecule has 4 heterocycles. The Labute approximate surface area is 176 Å². The first kappa shape index (κ1) is 19.4. The van der Waals surface area contributed by atoms with Crippen LogP contribution in [-0.2, 0) is 11.3 Å². The monoisotopic (exact) mass is 426 g/mol. The quantitative estimate of drug-likeness (QED) is 0.495. The summed E-state index contributed by atoms with van der Waals surface area (Å²) in [5.74, 6) is 0.828. The topological polar surface area (TPSA) is 79.9 Å². The fourth-order valence-corrected chi connectivity index (χ4v) is 4.31. The molecule has 0 spiro atoms. The molecule has 3 aromatic rings. The molecular formula is C20H18N4O3S2. The number of carbonyl (C=O) groups excluding carboxylic acids is 1. The normalized spacial score (nSPS) is 15.7. The number of rotatable bonds is 5. The maximum absolute atomic E-state index is 13.1. The van der Waals surface area contributed by atoms with E-state index in [1.165, 1.54) is 21.1 Å². The van der Waals surface area contributed by atoms with Gasteiger partial charge >= 0.3 is 0 Å². The summed E-state index contributed by atoms with van der Waals surface area (Å²) in [6.07, 6.45) is 4.80. The zero-order chi connectivity index (χ0) is 20.5. The number of nitrogens with one attached hydrogen (secondary N) is 1. The van der Waals surface area contributed by atoms with Crippen molar-refractivity contribution in [3.8, 4) is 0 Å². The molecule has 0 unspecified atom stereocenters. The highest BCUT2D eigenvalue weighted by Gasteiger charge is 2.33. The number of anilines is 1. The second-order valence-electron chi connectivity index (χ2n) is 6.44. The number of carbonyl (C=O) groups is 1. The molecule has 0 aromatic carbocycles. The molecule has 0 aliphatic carbocycles. The number of amides is 1. The third-order valence-electron chi connectivity index (χ3n) is 4.47. The summed E-state index contributed by atoms with van der Waals surface area (Å²) in [6.45, 7) is 4.67. The largest absolute Gasteiger partial charge is 0.467 e. The van der Waals surface area contributed by atoms with Crippen molar-refractivity contribution < 1.29 is 9.21 Å². The Kier molecular flexibility index (Phi) is 5.25. The molecule has 4 rings (SSSR count). The number of thioether (sulfide) groups is 1. The van der Waals surface area contributed by atoms with Gasteiger partial charge in [-0.3, -0.25) is 18.9 Å². The summed E-state index contributed by atoms with van der Waals surface area (Å²) >= 11 is 6.53. The third kappa shape index (κ3) is 3.58. The molecule has 29 heavy (non-hydrogen) atoms. The second kappa shape index (κ2) is 7.84. The number of pyridine rings is 1. The first-order valence-electron chi connectivity index (χ1n) is 9.03. The molecule has 1 saturated heterocycles. The highest BCUT2D eigenvalue weighted by atomic mass is 32.2. The molecule has 7 nitrogen and oxygen atoms in total. The van der Waals surface area contributed by atoms with Crippen LogP contribution in [0.1, 0.15) is 23.8 Å². The molecule has 9 heteroatoms. The van der Waals surface area contributed by atoms with E-state index in [4.69, 9.17) is 16.6 Å². The fraction of sp³-hybridized carbons (Fsp3) is 0.200. The van der Waals surface area contributed by atoms with Gasteiger partial charge in [0.15, 0.2) is 0 Å². The van der Waals surface area contributed by atoms with E-state index in [2.05, 4.69) is 10.3 Å². The molecule has 1 amide bonds. The molecule has 1 N–H and O–H groups in total. The number of hydrogen-bond acceptors (Lipinski definition) is 7.